The van der Waals surface area contributed by atoms with Crippen molar-refractivity contribution < 1.29 is 37.1 Å². The third-order valence-electron chi connectivity index (χ3n) is 6.94. The highest BCUT2D eigenvalue weighted by atomic mass is 79.9. The molecule has 0 radical (unpaired) electrons. The fourth-order valence-electron chi connectivity index (χ4n) is 5.03. The third kappa shape index (κ3) is 8.33. The Kier molecular flexibility index (Phi) is 14.4. The van der Waals surface area contributed by atoms with Gasteiger partial charge in [0.1, 0.15) is 8.95 Å². The van der Waals surface area contributed by atoms with Crippen LogP contribution in [0.4, 0.5) is 4.79 Å². The van der Waals surface area contributed by atoms with Gasteiger partial charge in [-0.25, -0.2) is 4.79 Å². The van der Waals surface area contributed by atoms with Gasteiger partial charge in [0.25, 0.3) is 0 Å². The van der Waals surface area contributed by atoms with Crippen LogP contribution in [0.15, 0.2) is 39.2 Å². The summed E-state index contributed by atoms with van der Waals surface area (Å²) in [5, 5.41) is 14.3. The molecule has 19 heteroatoms. The lowest BCUT2D eigenvalue weighted by Gasteiger charge is -2.28. The zero-order valence-electron chi connectivity index (χ0n) is 25.6. The van der Waals surface area contributed by atoms with E-state index in [2.05, 4.69) is 69.0 Å². The number of benzene rings is 3. The number of carbonyl (C=O) groups excluding carboxylic acids is 2. The first-order valence-electron chi connectivity index (χ1n) is 14.4. The molecule has 0 saturated carbocycles. The molecule has 1 aliphatic heterocycles. The van der Waals surface area contributed by atoms with Gasteiger partial charge in [-0.1, -0.05) is 46.4 Å². The van der Waals surface area contributed by atoms with E-state index < -0.39 is 36.9 Å². The van der Waals surface area contributed by atoms with Crippen LogP contribution in [0.1, 0.15) is 37.6 Å². The van der Waals surface area contributed by atoms with Crippen molar-refractivity contribution in [3.63, 3.8) is 0 Å². The molecule has 1 N–H and O–H groups in total. The number of nitrogens with one attached hydrogen (secondary N) is 1. The number of aromatic carboxylic acids is 1. The van der Waals surface area contributed by atoms with Gasteiger partial charge in [-0.15, -0.1) is 0 Å². The summed E-state index contributed by atoms with van der Waals surface area (Å²) in [5.41, 5.74) is -0.745. The van der Waals surface area contributed by atoms with E-state index in [9.17, 15) is 19.5 Å². The van der Waals surface area contributed by atoms with Crippen molar-refractivity contribution in [1.82, 2.24) is 5.32 Å². The smallest absolute Gasteiger partial charge is 0.500 e. The standard InChI is InChI=1S/C30H25Br4Cl4NO9Si/c1-4-44-49(45-5-2,46-6-3)9-7-8-39-30(43)48-28-15(32)11-13-16(17-18(29(41)42)22(36)24(38)23(37)21(17)35)12-10-14(31)25(40)19(33)26(12)47-27(13)20(28)34/h10-11H,4-9H2,1-3H3,(H,39,43)(H,41,42)/p-1. The molecule has 10 nitrogen and oxygen atoms in total. The van der Waals surface area contributed by atoms with Gasteiger partial charge in [0.2, 0.25) is 5.43 Å². The SMILES string of the molecule is CCO[Si](CCCNC(=O)Oc1c(Br)cc2c(-c3c(Cl)c(Cl)c(Cl)c(Cl)c3C(=O)[O-])c3cc(Br)c(=O)c(Br)c-3oc2c1Br)(OCC)OCC. The van der Waals surface area contributed by atoms with Crippen LogP contribution in [0.5, 0.6) is 5.75 Å². The summed E-state index contributed by atoms with van der Waals surface area (Å²) >= 11 is 39.2. The number of rotatable bonds is 13. The molecule has 4 rings (SSSR count). The predicted octanol–water partition coefficient (Wildman–Crippen LogP) is 10.1. The molecule has 1 amide bonds. The highest BCUT2D eigenvalue weighted by molar-refractivity contribution is 9.11. The largest absolute Gasteiger partial charge is 0.545 e. The summed E-state index contributed by atoms with van der Waals surface area (Å²) in [6.45, 7) is 7.09. The van der Waals surface area contributed by atoms with E-state index in [-0.39, 0.29) is 78.7 Å². The van der Waals surface area contributed by atoms with Gasteiger partial charge < -0.3 is 37.6 Å². The Morgan fingerprint density at radius 2 is 1.45 bits per heavy atom. The maximum atomic E-state index is 13.0. The summed E-state index contributed by atoms with van der Waals surface area (Å²) < 4.78 is 30.0. The number of ether oxygens (including phenoxy) is 1. The third-order valence-corrected chi connectivity index (χ3v) is 14.5. The lowest BCUT2D eigenvalue weighted by Crippen LogP contribution is -2.46. The zero-order valence-corrected chi connectivity index (χ0v) is 36.0. The maximum Gasteiger partial charge on any atom is 0.500 e. The molecule has 0 aromatic heterocycles. The number of hydrogen-bond donors (Lipinski definition) is 1. The fourth-order valence-corrected chi connectivity index (χ4v) is 11.2. The normalized spacial score (nSPS) is 11.8. The highest BCUT2D eigenvalue weighted by Gasteiger charge is 2.39. The summed E-state index contributed by atoms with van der Waals surface area (Å²) in [6, 6.07) is 3.43. The molecule has 2 aromatic carbocycles. The summed E-state index contributed by atoms with van der Waals surface area (Å²) in [7, 11) is -2.91. The first kappa shape index (κ1) is 40.8. The zero-order chi connectivity index (χ0) is 36.4. The van der Waals surface area contributed by atoms with E-state index in [1.165, 1.54) is 12.1 Å². The topological polar surface area (TPSA) is 136 Å². The molecule has 0 bridgehead atoms. The number of hydrogen-bond acceptors (Lipinski definition) is 9. The summed E-state index contributed by atoms with van der Waals surface area (Å²) in [5.74, 6) is -1.68. The van der Waals surface area contributed by atoms with E-state index in [1.54, 1.807) is 0 Å². The second-order valence-electron chi connectivity index (χ2n) is 9.93. The average molecular weight is 1030 g/mol. The van der Waals surface area contributed by atoms with Crippen molar-refractivity contribution in [2.75, 3.05) is 26.4 Å². The molecule has 264 valence electrons. The van der Waals surface area contributed by atoms with Crippen molar-refractivity contribution in [3.05, 3.63) is 65.9 Å². The number of carboxylic acids is 1. The number of halogens is 8. The lowest BCUT2D eigenvalue weighted by molar-refractivity contribution is -0.254. The predicted molar refractivity (Wildman–Crippen MR) is 204 cm³/mol. The molecule has 0 saturated heterocycles. The summed E-state index contributed by atoms with van der Waals surface area (Å²) in [4.78, 5) is 38.4. The van der Waals surface area contributed by atoms with Gasteiger partial charge in [0.15, 0.2) is 17.1 Å². The van der Waals surface area contributed by atoms with Crippen LogP contribution in [0.25, 0.3) is 33.4 Å². The van der Waals surface area contributed by atoms with E-state index in [0.29, 0.717) is 32.3 Å². The van der Waals surface area contributed by atoms with Crippen LogP contribution in [-0.2, 0) is 13.3 Å². The van der Waals surface area contributed by atoms with Crippen molar-refractivity contribution in [2.24, 2.45) is 0 Å². The molecule has 2 aliphatic rings. The highest BCUT2D eigenvalue weighted by Crippen LogP contribution is 2.54. The van der Waals surface area contributed by atoms with Gasteiger partial charge in [-0.05, 0) is 103 Å². The van der Waals surface area contributed by atoms with E-state index in [0.717, 1.165) is 0 Å². The van der Waals surface area contributed by atoms with Crippen LogP contribution in [0.2, 0.25) is 26.1 Å². The molecule has 1 heterocycles. The maximum absolute atomic E-state index is 13.0. The molecule has 1 aliphatic carbocycles. The van der Waals surface area contributed by atoms with E-state index in [4.69, 9.17) is 68.8 Å². The Labute approximate surface area is 335 Å². The first-order chi connectivity index (χ1) is 23.1. The van der Waals surface area contributed by atoms with Gasteiger partial charge in [0, 0.05) is 60.0 Å². The van der Waals surface area contributed by atoms with Crippen LogP contribution in [0.3, 0.4) is 0 Å². The van der Waals surface area contributed by atoms with Crippen LogP contribution in [-0.4, -0.2) is 47.2 Å². The van der Waals surface area contributed by atoms with E-state index in [1.807, 2.05) is 20.8 Å². The minimum Gasteiger partial charge on any atom is -0.545 e. The van der Waals surface area contributed by atoms with Crippen LogP contribution < -0.4 is 20.6 Å². The lowest BCUT2D eigenvalue weighted by atomic mass is 9.90. The second-order valence-corrected chi connectivity index (χ2v) is 17.5. The molecule has 49 heavy (non-hydrogen) atoms. The van der Waals surface area contributed by atoms with Gasteiger partial charge in [0.05, 0.1) is 35.0 Å². The van der Waals surface area contributed by atoms with Crippen molar-refractivity contribution >= 4 is 142 Å². The van der Waals surface area contributed by atoms with Gasteiger partial charge in [-0.2, -0.15) is 0 Å². The fraction of sp³-hybridized carbons (Fsp3) is 0.300. The monoisotopic (exact) mass is 1030 g/mol. The number of amides is 1. The second kappa shape index (κ2) is 17.2. The molecule has 0 atom stereocenters. The quantitative estimate of drug-likeness (QED) is 0.0456. The molecule has 0 fully saturated rings. The Hall–Kier alpha value is -0.953. The minimum absolute atomic E-state index is 0.00174. The van der Waals surface area contributed by atoms with Crippen molar-refractivity contribution in [3.8, 4) is 28.2 Å². The molecule has 2 aromatic rings. The first-order valence-corrected chi connectivity index (χ1v) is 21.0. The minimum atomic E-state index is -2.91. The van der Waals surface area contributed by atoms with Gasteiger partial charge >= 0.3 is 14.9 Å². The Balaban J connectivity index is 1.84. The van der Waals surface area contributed by atoms with E-state index >= 15 is 0 Å². The number of carboxylic acid groups (broad SMARTS) is 1. The number of carbonyl (C=O) groups is 2. The molecule has 0 unspecified atom stereocenters. The molecule has 0 spiro atoms. The number of fused-ring (bicyclic) bond motifs is 2. The summed E-state index contributed by atoms with van der Waals surface area (Å²) in [6.07, 6.45) is -0.301. The van der Waals surface area contributed by atoms with Crippen molar-refractivity contribution in [1.29, 1.82) is 0 Å². The van der Waals surface area contributed by atoms with Crippen LogP contribution in [0, 0.1) is 0 Å². The molecular weight excluding hydrogens is 1010 g/mol. The Bertz CT molecular complexity index is 1960. The molecular formula is C30H24Br4Cl4NO9Si-. The van der Waals surface area contributed by atoms with Crippen LogP contribution >= 0.6 is 110 Å². The average Bonchev–Trinajstić information content (AvgIpc) is 3.04. The van der Waals surface area contributed by atoms with Crippen molar-refractivity contribution in [2.45, 2.75) is 33.2 Å². The Morgan fingerprint density at radius 3 is 2.02 bits per heavy atom. The Morgan fingerprint density at radius 1 is 0.857 bits per heavy atom. The van der Waals surface area contributed by atoms with Gasteiger partial charge in [-0.3, -0.25) is 4.79 Å².